The lowest BCUT2D eigenvalue weighted by molar-refractivity contribution is -0.870. The van der Waals surface area contributed by atoms with Gasteiger partial charge in [-0.3, -0.25) is 67.5 Å². The number of likely N-dealkylation sites (N-methyl/N-ethyl adjacent to an activating group) is 1. The lowest BCUT2D eigenvalue weighted by Gasteiger charge is -2.36. The van der Waals surface area contributed by atoms with E-state index in [1.807, 2.05) is 62.3 Å². The van der Waals surface area contributed by atoms with Crippen molar-refractivity contribution >= 4 is 107 Å². The molecule has 28 N–H and O–H groups in total. The third-order valence-corrected chi connectivity index (χ3v) is 21.2. The second-order valence-electron chi connectivity index (χ2n) is 36.1. The smallest absolute Gasteiger partial charge is 0.326 e. The predicted octanol–water partition coefficient (Wildman–Crippen LogP) is 1.87. The molecule has 0 aromatic rings. The van der Waals surface area contributed by atoms with Gasteiger partial charge in [-0.05, 0) is 142 Å². The largest absolute Gasteiger partial charge is 1.00 e. The van der Waals surface area contributed by atoms with Crippen molar-refractivity contribution in [1.29, 1.82) is 0 Å². The third kappa shape index (κ3) is 64.6. The molecular weight excluding hydrogens is 1680 g/mol. The predicted molar refractivity (Wildman–Crippen MR) is 483 cm³/mol. The maximum absolute atomic E-state index is 12.8. The van der Waals surface area contributed by atoms with E-state index in [0.717, 1.165) is 36.7 Å². The minimum atomic E-state index is -1.19. The Labute approximate surface area is 759 Å². The molecule has 0 radical (unpaired) electrons. The van der Waals surface area contributed by atoms with Crippen LogP contribution >= 0.6 is 0 Å². The Morgan fingerprint density at radius 2 is 0.693 bits per heavy atom. The van der Waals surface area contributed by atoms with Gasteiger partial charge in [0.15, 0.2) is 11.9 Å². The number of primary amides is 1. The van der Waals surface area contributed by atoms with Crippen LogP contribution in [0.1, 0.15) is 288 Å². The molecule has 42 heteroatoms. The highest BCUT2D eigenvalue weighted by Crippen LogP contribution is 2.38. The number of carbonyl (C=O) groups is 16. The summed E-state index contributed by atoms with van der Waals surface area (Å²) in [7, 11) is 6.24. The molecule has 0 aliphatic rings. The molecule has 0 rings (SSSR count). The lowest BCUT2D eigenvalue weighted by atomic mass is 9.71. The van der Waals surface area contributed by atoms with Crippen LogP contribution in [0.15, 0.2) is 9.98 Å². The highest BCUT2D eigenvalue weighted by Gasteiger charge is 2.43. The van der Waals surface area contributed by atoms with Crippen molar-refractivity contribution in [3.05, 3.63) is 0 Å². The molecule has 0 bridgehead atoms. The average molecular weight is 1850 g/mol. The number of carboxylic acids is 7. The summed E-state index contributed by atoms with van der Waals surface area (Å²) in [5.41, 5.74) is 31.8. The molecule has 0 fully saturated rings. The minimum absolute atomic E-state index is 0. The van der Waals surface area contributed by atoms with E-state index in [9.17, 15) is 81.8 Å². The van der Waals surface area contributed by atoms with Crippen molar-refractivity contribution in [3.63, 3.8) is 0 Å². The number of hydrogen-bond donors (Lipinski definition) is 21. The fourth-order valence-electron chi connectivity index (χ4n) is 9.12. The van der Waals surface area contributed by atoms with Crippen LogP contribution in [-0.2, 0) is 81.4 Å². The number of esters is 1. The molecule has 41 nitrogen and oxygen atoms in total. The molecule has 0 aromatic heterocycles. The first-order valence-electron chi connectivity index (χ1n) is 43.0. The number of carboxylic acid groups (broad SMARTS) is 7. The summed E-state index contributed by atoms with van der Waals surface area (Å²) >= 11 is 0. The molecule has 0 saturated heterocycles. The molecule has 9 atom stereocenters. The van der Waals surface area contributed by atoms with Crippen LogP contribution in [0.3, 0.4) is 0 Å². The maximum atomic E-state index is 12.8. The first kappa shape index (κ1) is 133. The minimum Gasteiger partial charge on any atom is -1.00 e. The zero-order valence-corrected chi connectivity index (χ0v) is 81.6. The number of nitrogens with two attached hydrogens (primary N) is 7. The summed E-state index contributed by atoms with van der Waals surface area (Å²) in [6, 6.07) is -6.59. The van der Waals surface area contributed by atoms with Crippen molar-refractivity contribution in [2.75, 3.05) is 60.5 Å². The molecule has 0 spiro atoms. The van der Waals surface area contributed by atoms with Crippen molar-refractivity contribution in [2.45, 2.75) is 330 Å². The van der Waals surface area contributed by atoms with E-state index in [2.05, 4.69) is 68.3 Å². The van der Waals surface area contributed by atoms with Gasteiger partial charge in [-0.1, -0.05) is 145 Å². The monoisotopic (exact) mass is 1840 g/mol. The number of aliphatic carboxylic acids is 7. The number of rotatable bonds is 53. The van der Waals surface area contributed by atoms with Gasteiger partial charge >= 0.3 is 47.8 Å². The fourth-order valence-corrected chi connectivity index (χ4v) is 9.12. The third-order valence-electron chi connectivity index (χ3n) is 21.2. The van der Waals surface area contributed by atoms with Gasteiger partial charge in [-0.2, -0.15) is 0 Å². The number of nitrogens with one attached hydrogen (secondary N) is 7. The quantitative estimate of drug-likeness (QED) is 0.0136. The Morgan fingerprint density at radius 3 is 0.976 bits per heavy atom. The summed E-state index contributed by atoms with van der Waals surface area (Å²) in [4.78, 5) is 190. The van der Waals surface area contributed by atoms with E-state index in [4.69, 9.17) is 75.5 Å². The van der Waals surface area contributed by atoms with Gasteiger partial charge in [0.2, 0.25) is 47.3 Å². The number of nitrogens with zero attached hydrogens (tertiary/aromatic N) is 3. The highest BCUT2D eigenvalue weighted by atomic mass is 35.5. The molecule has 127 heavy (non-hydrogen) atoms. The van der Waals surface area contributed by atoms with Crippen molar-refractivity contribution in [2.24, 2.45) is 93.9 Å². The van der Waals surface area contributed by atoms with Gasteiger partial charge in [-0.15, -0.1) is 0 Å². The second kappa shape index (κ2) is 66.6. The molecule has 742 valence electrons. The second-order valence-corrected chi connectivity index (χ2v) is 36.1. The fraction of sp³-hybridized carbons (Fsp3) is 0.788. The molecule has 0 aliphatic carbocycles. The standard InChI is InChI=1S/C19H35N5O6.C12H24N4O3.2C12H24N2O3.C11H20N2O4.C10H22NO2.C9H17NO3.ClH/c1-6-19(5,16(30)23-11(2)13(25)26)10-18(3,4)15(29)24-12(14(27)28)8-7-9-22-17(20)21;1-4-12(2,3)10(19)16-8(9(17)18)6-5-7-15-11(13)14;1-4-12(2,3)11(17)14-8-6-5-7-9(13)10(15)16;1-4-12(2,3)11(17)14-9(10(15)16)7-5-6-8-13;1-4-11(2,3)10(17)13-7(9(15)16)5-6-8(12)14;1-6-9(2)10(12)13-8-7-11(3,4)5;1-5-9(3,4)8(13)10-6(2)7(11)12;/h11-12H,6-10H2,1-5H3,(H,23,30)(H,24,29)(H,25,26)(H,27,28)(H4,20,21,22);8H,4-7H2,1-3H3,(H,16,19)(H,17,18)(H4,13,14,15);2*9H,4-8,13H2,1-3H3,(H,14,17)(H,15,16);7H,4-6H2,1-3H3,(H2,12,14)(H,13,17)(H,15,16);9H,6-8H2,1-5H3;6H,5H2,1-4H3,(H,10,13)(H,11,12);1H/q;;;;;+1;;/p-1. The first-order valence-corrected chi connectivity index (χ1v) is 43.0. The Bertz CT molecular complexity index is 3430. The Kier molecular flexibility index (Phi) is 69.6. The first-order chi connectivity index (χ1) is 57.4. The van der Waals surface area contributed by atoms with Crippen LogP contribution in [-0.4, -0.2) is 250 Å². The molecule has 0 heterocycles. The Morgan fingerprint density at radius 1 is 0.386 bits per heavy atom. The van der Waals surface area contributed by atoms with Crippen LogP contribution in [0, 0.1) is 43.8 Å². The van der Waals surface area contributed by atoms with Gasteiger partial charge < -0.3 is 135 Å². The molecular formula is C85H166ClN17O24. The lowest BCUT2D eigenvalue weighted by Crippen LogP contribution is -3.00. The molecule has 8 amide bonds. The number of carbonyl (C=O) groups excluding carboxylic acids is 9. The average Bonchev–Trinajstić information content (AvgIpc) is 0.805. The molecule has 0 aromatic carbocycles. The van der Waals surface area contributed by atoms with E-state index in [0.29, 0.717) is 96.9 Å². The SMILES string of the molecule is CCC(C)(C)C(=O)NC(C)C(=O)O.CCC(C)(C)C(=O)NC(CCC(N)=O)C(=O)O.CCC(C)(C)C(=O)NC(CCCCN)C(=O)O.CCC(C)(C)C(=O)NC(CCCN=C(N)N)C(=O)O.CCC(C)(C)C(=O)NCCCCC(N)C(=O)O.CCC(C)(CC(C)(C)C(=O)NC(CCCN=C(N)N)C(=O)O)C(=O)NC(C)C(=O)O.CCC(C)C(=O)OCC[N+](C)(C)C.[Cl-]. The van der Waals surface area contributed by atoms with Gasteiger partial charge in [-0.25, -0.2) is 19.2 Å². The molecule has 0 saturated carbocycles. The number of aliphatic imine (C=N–C) groups is 2. The molecule has 0 aliphatic heterocycles. The van der Waals surface area contributed by atoms with Crippen LogP contribution < -0.4 is 89.8 Å². The van der Waals surface area contributed by atoms with Crippen LogP contribution in [0.4, 0.5) is 0 Å². The van der Waals surface area contributed by atoms with Gasteiger partial charge in [0.1, 0.15) is 55.4 Å². The van der Waals surface area contributed by atoms with E-state index >= 15 is 0 Å². The Balaban J connectivity index is -0.000000221. The normalized spacial score (nSPS) is 13.5. The number of quaternary nitrogens is 1. The summed E-state index contributed by atoms with van der Waals surface area (Å²) in [6.07, 6.45) is 9.74. The maximum Gasteiger partial charge on any atom is 0.326 e. The topological polar surface area (TPSA) is 715 Å². The van der Waals surface area contributed by atoms with Crippen molar-refractivity contribution < 1.29 is 134 Å². The van der Waals surface area contributed by atoms with Gasteiger partial charge in [0.25, 0.3) is 0 Å². The Hall–Kier alpha value is -9.77. The van der Waals surface area contributed by atoms with E-state index in [1.54, 1.807) is 83.1 Å². The number of guanidine groups is 2. The van der Waals surface area contributed by atoms with Crippen LogP contribution in [0.5, 0.6) is 0 Å². The number of amides is 8. The summed E-state index contributed by atoms with van der Waals surface area (Å²) in [5, 5.41) is 80.3. The van der Waals surface area contributed by atoms with Crippen molar-refractivity contribution in [3.8, 4) is 0 Å². The number of halogens is 1. The van der Waals surface area contributed by atoms with Crippen molar-refractivity contribution in [1.82, 2.24) is 37.2 Å². The summed E-state index contributed by atoms with van der Waals surface area (Å²) < 4.78 is 5.94. The number of ether oxygens (including phenoxy) is 1. The van der Waals surface area contributed by atoms with E-state index in [-0.39, 0.29) is 110 Å². The van der Waals surface area contributed by atoms with Crippen LogP contribution in [0.2, 0.25) is 0 Å². The number of unbranched alkanes of at least 4 members (excludes halogenated alkanes) is 2. The van der Waals surface area contributed by atoms with E-state index < -0.39 is 134 Å². The van der Waals surface area contributed by atoms with Gasteiger partial charge in [0.05, 0.1) is 27.1 Å². The molecule has 9 unspecified atom stereocenters. The summed E-state index contributed by atoms with van der Waals surface area (Å²) in [5.74, 6) is -10.2. The zero-order chi connectivity index (χ0) is 100. The highest BCUT2D eigenvalue weighted by molar-refractivity contribution is 5.92. The summed E-state index contributed by atoms with van der Waals surface area (Å²) in [6.45, 7) is 44.0. The van der Waals surface area contributed by atoms with Crippen LogP contribution in [0.25, 0.3) is 0 Å². The van der Waals surface area contributed by atoms with E-state index in [1.165, 1.54) is 13.8 Å². The number of hydrogen-bond acceptors (Lipinski definition) is 21. The zero-order valence-electron chi connectivity index (χ0n) is 80.8. The van der Waals surface area contributed by atoms with Gasteiger partial charge in [0, 0.05) is 64.0 Å².